The lowest BCUT2D eigenvalue weighted by atomic mass is 9.80. The molecule has 0 spiro atoms. The Labute approximate surface area is 336 Å². The number of nitrogens with zero attached hydrogens (tertiary/aromatic N) is 6. The third kappa shape index (κ3) is 5.45. The van der Waals surface area contributed by atoms with Crippen LogP contribution in [0.25, 0.3) is 95.6 Å². The number of hydrogen-bond donors (Lipinski definition) is 0. The quantitative estimate of drug-likeness (QED) is 0.170. The number of rotatable bonds is 6. The fourth-order valence-electron chi connectivity index (χ4n) is 8.66. The minimum Gasteiger partial charge on any atom is -0.309 e. The van der Waals surface area contributed by atoms with E-state index in [1.165, 1.54) is 16.3 Å². The van der Waals surface area contributed by atoms with Crippen molar-refractivity contribution in [2.24, 2.45) is 0 Å². The zero-order chi connectivity index (χ0) is 38.8. The summed E-state index contributed by atoms with van der Waals surface area (Å²) in [6, 6.07) is 63.1. The van der Waals surface area contributed by atoms with Crippen LogP contribution >= 0.6 is 0 Å². The van der Waals surface area contributed by atoms with E-state index in [-0.39, 0.29) is 5.41 Å². The summed E-state index contributed by atoms with van der Waals surface area (Å²) >= 11 is 0. The Bertz CT molecular complexity index is 3130. The van der Waals surface area contributed by atoms with Crippen molar-refractivity contribution in [2.75, 3.05) is 0 Å². The standard InChI is InChI=1S/C52H36N6/c1-52(2)42-27-14-12-26-41(42)47-45(52)46(53-50(54-47)37-29-30-40-39-25-13-15-28-43(39)58(44(40)32-37)38-23-10-5-11-24-38)35-21-16-22-36(31-35)51-56-48(33-17-6-3-7-18-33)55-49(57-51)34-19-8-4-9-20-34/h3-32H,1-2H3. The smallest absolute Gasteiger partial charge is 0.164 e. The lowest BCUT2D eigenvalue weighted by Crippen LogP contribution is -2.17. The molecule has 1 aliphatic rings. The number of benzene rings is 7. The first-order valence-electron chi connectivity index (χ1n) is 19.6. The minimum absolute atomic E-state index is 0.340. The molecule has 0 bridgehead atoms. The molecule has 0 N–H and O–H groups in total. The highest BCUT2D eigenvalue weighted by Gasteiger charge is 2.40. The van der Waals surface area contributed by atoms with Crippen LogP contribution in [0.4, 0.5) is 0 Å². The number of hydrogen-bond acceptors (Lipinski definition) is 5. The Balaban J connectivity index is 1.12. The van der Waals surface area contributed by atoms with E-state index in [1.807, 2.05) is 60.7 Å². The van der Waals surface area contributed by atoms with Crippen LogP contribution in [0.5, 0.6) is 0 Å². The van der Waals surface area contributed by atoms with Crippen molar-refractivity contribution in [1.82, 2.24) is 29.5 Å². The van der Waals surface area contributed by atoms with Crippen LogP contribution in [0.3, 0.4) is 0 Å². The van der Waals surface area contributed by atoms with Gasteiger partial charge in [-0.2, -0.15) is 0 Å². The van der Waals surface area contributed by atoms with Crippen molar-refractivity contribution in [3.05, 3.63) is 193 Å². The summed E-state index contributed by atoms with van der Waals surface area (Å²) in [6.45, 7) is 4.56. The summed E-state index contributed by atoms with van der Waals surface area (Å²) < 4.78 is 2.34. The predicted octanol–water partition coefficient (Wildman–Crippen LogP) is 12.4. The molecular formula is C52H36N6. The molecule has 10 aromatic rings. The SMILES string of the molecule is CC1(C)c2ccccc2-c2nc(-c3ccc4c5ccccc5n(-c5ccccc5)c4c3)nc(-c3cccc(-c4nc(-c5ccccc5)nc(-c5ccccc5)n4)c3)c21. The van der Waals surface area contributed by atoms with Gasteiger partial charge < -0.3 is 4.57 Å². The topological polar surface area (TPSA) is 69.4 Å². The van der Waals surface area contributed by atoms with Gasteiger partial charge in [0, 0.05) is 60.8 Å². The average molecular weight is 745 g/mol. The lowest BCUT2D eigenvalue weighted by molar-refractivity contribution is 0.658. The minimum atomic E-state index is -0.340. The molecule has 58 heavy (non-hydrogen) atoms. The van der Waals surface area contributed by atoms with Gasteiger partial charge in [0.1, 0.15) is 0 Å². The second kappa shape index (κ2) is 13.3. The molecule has 3 aromatic heterocycles. The second-order valence-corrected chi connectivity index (χ2v) is 15.3. The van der Waals surface area contributed by atoms with Crippen LogP contribution in [-0.2, 0) is 5.41 Å². The Morgan fingerprint density at radius 3 is 1.62 bits per heavy atom. The second-order valence-electron chi connectivity index (χ2n) is 15.3. The molecule has 3 heterocycles. The number of fused-ring (bicyclic) bond motifs is 6. The van der Waals surface area contributed by atoms with Gasteiger partial charge in [-0.25, -0.2) is 24.9 Å². The highest BCUT2D eigenvalue weighted by Crippen LogP contribution is 2.51. The summed E-state index contributed by atoms with van der Waals surface area (Å²) in [5.74, 6) is 2.53. The summed E-state index contributed by atoms with van der Waals surface area (Å²) in [7, 11) is 0. The van der Waals surface area contributed by atoms with Gasteiger partial charge in [-0.05, 0) is 35.9 Å². The van der Waals surface area contributed by atoms with E-state index in [2.05, 4.69) is 140 Å². The molecule has 7 aromatic carbocycles. The maximum Gasteiger partial charge on any atom is 0.164 e. The van der Waals surface area contributed by atoms with Crippen LogP contribution in [-0.4, -0.2) is 29.5 Å². The van der Waals surface area contributed by atoms with Crippen LogP contribution in [0, 0.1) is 0 Å². The van der Waals surface area contributed by atoms with Gasteiger partial charge in [-0.15, -0.1) is 0 Å². The van der Waals surface area contributed by atoms with E-state index in [4.69, 9.17) is 24.9 Å². The van der Waals surface area contributed by atoms with E-state index in [0.717, 1.165) is 67.1 Å². The monoisotopic (exact) mass is 744 g/mol. The Morgan fingerprint density at radius 2 is 0.897 bits per heavy atom. The van der Waals surface area contributed by atoms with Gasteiger partial charge in [0.15, 0.2) is 23.3 Å². The van der Waals surface area contributed by atoms with Crippen LogP contribution < -0.4 is 0 Å². The zero-order valence-electron chi connectivity index (χ0n) is 32.0. The molecule has 0 unspecified atom stereocenters. The van der Waals surface area contributed by atoms with Crippen molar-refractivity contribution in [3.8, 4) is 73.8 Å². The summed E-state index contributed by atoms with van der Waals surface area (Å²) in [6.07, 6.45) is 0. The van der Waals surface area contributed by atoms with Gasteiger partial charge in [0.05, 0.1) is 22.4 Å². The number of aromatic nitrogens is 6. The maximum atomic E-state index is 5.52. The van der Waals surface area contributed by atoms with E-state index in [0.29, 0.717) is 23.3 Å². The molecule has 0 fully saturated rings. The molecule has 274 valence electrons. The molecule has 6 heteroatoms. The van der Waals surface area contributed by atoms with Crippen molar-refractivity contribution in [2.45, 2.75) is 19.3 Å². The largest absolute Gasteiger partial charge is 0.309 e. The molecule has 0 radical (unpaired) electrons. The molecule has 11 rings (SSSR count). The normalized spacial score (nSPS) is 12.8. The fourth-order valence-corrected chi connectivity index (χ4v) is 8.66. The van der Waals surface area contributed by atoms with Crippen molar-refractivity contribution in [1.29, 1.82) is 0 Å². The first kappa shape index (κ1) is 33.7. The summed E-state index contributed by atoms with van der Waals surface area (Å²) in [4.78, 5) is 26.0. The molecule has 0 atom stereocenters. The third-order valence-electron chi connectivity index (χ3n) is 11.4. The summed E-state index contributed by atoms with van der Waals surface area (Å²) in [5, 5.41) is 2.39. The molecule has 1 aliphatic carbocycles. The average Bonchev–Trinajstić information content (AvgIpc) is 3.74. The van der Waals surface area contributed by atoms with Gasteiger partial charge in [-0.3, -0.25) is 0 Å². The van der Waals surface area contributed by atoms with Gasteiger partial charge >= 0.3 is 0 Å². The zero-order valence-corrected chi connectivity index (χ0v) is 32.0. The van der Waals surface area contributed by atoms with E-state index >= 15 is 0 Å². The highest BCUT2D eigenvalue weighted by molar-refractivity contribution is 6.10. The van der Waals surface area contributed by atoms with Crippen molar-refractivity contribution in [3.63, 3.8) is 0 Å². The van der Waals surface area contributed by atoms with E-state index in [9.17, 15) is 0 Å². The van der Waals surface area contributed by atoms with E-state index < -0.39 is 0 Å². The first-order valence-corrected chi connectivity index (χ1v) is 19.6. The van der Waals surface area contributed by atoms with Gasteiger partial charge in [0.25, 0.3) is 0 Å². The molecule has 0 aliphatic heterocycles. The molecule has 0 amide bonds. The molecule has 6 nitrogen and oxygen atoms in total. The Hall–Kier alpha value is -7.57. The molecule has 0 saturated carbocycles. The number of para-hydroxylation sites is 2. The van der Waals surface area contributed by atoms with Gasteiger partial charge in [0.2, 0.25) is 0 Å². The van der Waals surface area contributed by atoms with Crippen molar-refractivity contribution >= 4 is 21.8 Å². The van der Waals surface area contributed by atoms with Crippen LogP contribution in [0.15, 0.2) is 182 Å². The highest BCUT2D eigenvalue weighted by atomic mass is 15.0. The van der Waals surface area contributed by atoms with E-state index in [1.54, 1.807) is 0 Å². The van der Waals surface area contributed by atoms with Crippen LogP contribution in [0.1, 0.15) is 25.0 Å². The lowest BCUT2D eigenvalue weighted by Gasteiger charge is -2.24. The molecular weight excluding hydrogens is 709 g/mol. The van der Waals surface area contributed by atoms with Gasteiger partial charge in [-0.1, -0.05) is 166 Å². The predicted molar refractivity (Wildman–Crippen MR) is 234 cm³/mol. The Kier molecular flexibility index (Phi) is 7.73. The van der Waals surface area contributed by atoms with Crippen molar-refractivity contribution < 1.29 is 0 Å². The van der Waals surface area contributed by atoms with Crippen LogP contribution in [0.2, 0.25) is 0 Å². The summed E-state index contributed by atoms with van der Waals surface area (Å²) in [5.41, 5.74) is 13.1. The first-order chi connectivity index (χ1) is 28.5. The molecule has 0 saturated heterocycles. The Morgan fingerprint density at radius 1 is 0.379 bits per heavy atom. The third-order valence-corrected chi connectivity index (χ3v) is 11.4. The fraction of sp³-hybridized carbons (Fsp3) is 0.0577. The maximum absolute atomic E-state index is 5.52.